The number of hydrogen-bond donors (Lipinski definition) is 4. The summed E-state index contributed by atoms with van der Waals surface area (Å²) in [5.41, 5.74) is 5.83. The third-order valence-corrected chi connectivity index (χ3v) is 7.26. The predicted octanol–water partition coefficient (Wildman–Crippen LogP) is 0.355. The molecule has 0 unspecified atom stereocenters. The predicted molar refractivity (Wildman–Crippen MR) is 132 cm³/mol. The van der Waals surface area contributed by atoms with Gasteiger partial charge >= 0.3 is 0 Å². The van der Waals surface area contributed by atoms with E-state index in [9.17, 15) is 23.1 Å². The van der Waals surface area contributed by atoms with Gasteiger partial charge in [0.25, 0.3) is 0 Å². The number of fused-ring (bicyclic) bond motifs is 1. The van der Waals surface area contributed by atoms with Crippen molar-refractivity contribution < 1.29 is 32.6 Å². The largest absolute Gasteiger partial charge is 0.454 e. The Morgan fingerprint density at radius 3 is 2.42 bits per heavy atom. The Morgan fingerprint density at radius 2 is 1.75 bits per heavy atom. The molecule has 196 valence electrons. The maximum absolute atomic E-state index is 13.6. The van der Waals surface area contributed by atoms with E-state index in [0.717, 1.165) is 0 Å². The molecule has 11 nitrogen and oxygen atoms in total. The average molecular weight is 521 g/mol. The van der Waals surface area contributed by atoms with Crippen molar-refractivity contribution in [1.82, 2.24) is 14.9 Å². The highest BCUT2D eigenvalue weighted by molar-refractivity contribution is 7.89. The molecule has 0 bridgehead atoms. The molecule has 0 aliphatic carbocycles. The molecule has 0 saturated heterocycles. The molecule has 1 aliphatic rings. The first kappa shape index (κ1) is 27.4. The van der Waals surface area contributed by atoms with E-state index in [4.69, 9.17) is 15.2 Å². The highest BCUT2D eigenvalue weighted by Gasteiger charge is 2.32. The van der Waals surface area contributed by atoms with Gasteiger partial charge in [0.1, 0.15) is 0 Å². The van der Waals surface area contributed by atoms with Gasteiger partial charge in [-0.15, -0.1) is 0 Å². The van der Waals surface area contributed by atoms with Gasteiger partial charge < -0.3 is 30.9 Å². The fraction of sp³-hybridized carbons (Fsp3) is 0.417. The van der Waals surface area contributed by atoms with Crippen LogP contribution in [0.4, 0.5) is 0 Å². The summed E-state index contributed by atoms with van der Waals surface area (Å²) in [6, 6.07) is 12.1. The van der Waals surface area contributed by atoms with E-state index in [0.29, 0.717) is 17.1 Å². The fourth-order valence-electron chi connectivity index (χ4n) is 3.72. The van der Waals surface area contributed by atoms with Crippen molar-refractivity contribution >= 4 is 21.8 Å². The van der Waals surface area contributed by atoms with Crippen molar-refractivity contribution in [1.29, 1.82) is 0 Å². The maximum Gasteiger partial charge on any atom is 0.243 e. The topological polar surface area (TPSA) is 160 Å². The van der Waals surface area contributed by atoms with E-state index in [1.807, 2.05) is 13.8 Å². The van der Waals surface area contributed by atoms with Crippen LogP contribution in [0.15, 0.2) is 53.4 Å². The normalized spacial score (nSPS) is 14.5. The first-order valence-electron chi connectivity index (χ1n) is 11.5. The van der Waals surface area contributed by atoms with Crippen LogP contribution in [0, 0.1) is 5.92 Å². The third-order valence-electron chi connectivity index (χ3n) is 5.43. The minimum atomic E-state index is -4.03. The zero-order valence-electron chi connectivity index (χ0n) is 20.2. The molecule has 0 saturated carbocycles. The van der Waals surface area contributed by atoms with E-state index in [2.05, 4.69) is 10.6 Å². The summed E-state index contributed by atoms with van der Waals surface area (Å²) in [5.74, 6) is -0.316. The monoisotopic (exact) mass is 520 g/mol. The number of carbonyl (C=O) groups excluding carboxylic acids is 2. The van der Waals surface area contributed by atoms with Crippen molar-refractivity contribution in [3.63, 3.8) is 0 Å². The van der Waals surface area contributed by atoms with Gasteiger partial charge in [-0.1, -0.05) is 44.2 Å². The summed E-state index contributed by atoms with van der Waals surface area (Å²) in [6.07, 6.45) is -1.30. The summed E-state index contributed by atoms with van der Waals surface area (Å²) in [4.78, 5) is 23.9. The highest BCUT2D eigenvalue weighted by atomic mass is 32.2. The molecular formula is C24H32N4O7S. The van der Waals surface area contributed by atoms with Crippen LogP contribution >= 0.6 is 0 Å². The second-order valence-electron chi connectivity index (χ2n) is 8.74. The molecule has 12 heteroatoms. The smallest absolute Gasteiger partial charge is 0.243 e. The number of amides is 2. The van der Waals surface area contributed by atoms with Crippen LogP contribution in [0.1, 0.15) is 25.5 Å². The van der Waals surface area contributed by atoms with Crippen LogP contribution in [-0.2, 0) is 19.6 Å². The number of nitrogens with zero attached hydrogens (tertiary/aromatic N) is 1. The number of carbonyl (C=O) groups is 2. The van der Waals surface area contributed by atoms with Crippen LogP contribution in [0.2, 0.25) is 0 Å². The molecule has 0 fully saturated rings. The van der Waals surface area contributed by atoms with Gasteiger partial charge in [0.05, 0.1) is 30.1 Å². The lowest BCUT2D eigenvalue weighted by atomic mass is 10.0. The zero-order valence-corrected chi connectivity index (χ0v) is 21.0. The first-order valence-corrected chi connectivity index (χ1v) is 12.9. The molecule has 1 heterocycles. The van der Waals surface area contributed by atoms with Gasteiger partial charge in [-0.25, -0.2) is 8.42 Å². The van der Waals surface area contributed by atoms with Crippen LogP contribution in [0.5, 0.6) is 11.5 Å². The third kappa shape index (κ3) is 6.94. The number of hydrogen-bond acceptors (Lipinski definition) is 8. The molecule has 2 aromatic carbocycles. The summed E-state index contributed by atoms with van der Waals surface area (Å²) < 4.78 is 38.9. The van der Waals surface area contributed by atoms with Crippen LogP contribution in [-0.4, -0.2) is 68.7 Å². The van der Waals surface area contributed by atoms with Crippen molar-refractivity contribution in [2.45, 2.75) is 30.9 Å². The van der Waals surface area contributed by atoms with Gasteiger partial charge in [-0.3, -0.25) is 9.59 Å². The molecule has 5 N–H and O–H groups in total. The Kier molecular flexibility index (Phi) is 9.26. The molecular weight excluding hydrogens is 488 g/mol. The van der Waals surface area contributed by atoms with Crippen LogP contribution in [0.25, 0.3) is 0 Å². The number of nitrogens with two attached hydrogens (primary N) is 1. The molecule has 36 heavy (non-hydrogen) atoms. The molecule has 3 rings (SSSR count). The van der Waals surface area contributed by atoms with E-state index in [-0.39, 0.29) is 43.8 Å². The molecule has 2 amide bonds. The van der Waals surface area contributed by atoms with Gasteiger partial charge in [0.15, 0.2) is 11.5 Å². The fourth-order valence-corrected chi connectivity index (χ4v) is 5.35. The van der Waals surface area contributed by atoms with Gasteiger partial charge in [-0.05, 0) is 23.6 Å². The number of rotatable bonds is 12. The van der Waals surface area contributed by atoms with Gasteiger partial charge in [0, 0.05) is 19.2 Å². The maximum atomic E-state index is 13.6. The average Bonchev–Trinajstić information content (AvgIpc) is 3.33. The standard InChI is InChI=1S/C24H32N4O7S/c1-16(2)13-28(36(32,33)18-8-9-20-21(10-18)35-15-34-20)14-19(29)24(17-6-4-3-5-7-17)27-23(31)12-26-22(30)11-25/h3-10,16,19,24,29H,11-15,25H2,1-2H3,(H,26,30)(H,27,31)/t19-,24+/m1/s1. The quantitative estimate of drug-likeness (QED) is 0.312. The molecule has 2 atom stereocenters. The minimum Gasteiger partial charge on any atom is -0.454 e. The minimum absolute atomic E-state index is 0.00407. The Bertz CT molecular complexity index is 1160. The molecule has 2 aromatic rings. The van der Waals surface area contributed by atoms with E-state index < -0.39 is 34.0 Å². The second kappa shape index (κ2) is 12.2. The highest BCUT2D eigenvalue weighted by Crippen LogP contribution is 2.35. The number of nitrogens with one attached hydrogen (secondary N) is 2. The SMILES string of the molecule is CC(C)CN(C[C@@H](O)[C@@H](NC(=O)CNC(=O)CN)c1ccccc1)S(=O)(=O)c1ccc2c(c1)OCO2. The summed E-state index contributed by atoms with van der Waals surface area (Å²) >= 11 is 0. The van der Waals surface area contributed by atoms with Crippen molar-refractivity contribution in [3.8, 4) is 11.5 Å². The van der Waals surface area contributed by atoms with Crippen LogP contribution in [0.3, 0.4) is 0 Å². The molecule has 0 radical (unpaired) electrons. The summed E-state index contributed by atoms with van der Waals surface area (Å²) in [6.45, 7) is 2.99. The lowest BCUT2D eigenvalue weighted by Crippen LogP contribution is -2.47. The summed E-state index contributed by atoms with van der Waals surface area (Å²) in [5, 5.41) is 16.3. The number of aliphatic hydroxyl groups is 1. The molecule has 0 spiro atoms. The Labute approximate surface area is 210 Å². The lowest BCUT2D eigenvalue weighted by Gasteiger charge is -2.31. The summed E-state index contributed by atoms with van der Waals surface area (Å²) in [7, 11) is -4.03. The molecule has 0 aromatic heterocycles. The first-order chi connectivity index (χ1) is 17.1. The number of sulfonamides is 1. The van der Waals surface area contributed by atoms with Crippen molar-refractivity contribution in [2.75, 3.05) is 33.0 Å². The number of aliphatic hydroxyl groups excluding tert-OH is 1. The van der Waals surface area contributed by atoms with Gasteiger partial charge in [0.2, 0.25) is 28.6 Å². The Balaban J connectivity index is 1.85. The second-order valence-corrected chi connectivity index (χ2v) is 10.7. The number of benzene rings is 2. The molecule has 1 aliphatic heterocycles. The van der Waals surface area contributed by atoms with Gasteiger partial charge in [-0.2, -0.15) is 4.31 Å². The van der Waals surface area contributed by atoms with E-state index >= 15 is 0 Å². The van der Waals surface area contributed by atoms with E-state index in [1.165, 1.54) is 22.5 Å². The van der Waals surface area contributed by atoms with Crippen molar-refractivity contribution in [3.05, 3.63) is 54.1 Å². The number of ether oxygens (including phenoxy) is 2. The van der Waals surface area contributed by atoms with Crippen molar-refractivity contribution in [2.24, 2.45) is 11.7 Å². The Hall–Kier alpha value is -3.19. The Morgan fingerprint density at radius 1 is 1.06 bits per heavy atom. The zero-order chi connectivity index (χ0) is 26.3. The lowest BCUT2D eigenvalue weighted by molar-refractivity contribution is -0.126. The van der Waals surface area contributed by atoms with Crippen LogP contribution < -0.4 is 25.8 Å². The van der Waals surface area contributed by atoms with E-state index in [1.54, 1.807) is 30.3 Å².